The van der Waals surface area contributed by atoms with Crippen molar-refractivity contribution in [2.24, 2.45) is 5.92 Å². The van der Waals surface area contributed by atoms with E-state index in [-0.39, 0.29) is 0 Å². The topological polar surface area (TPSA) is 24.5 Å². The van der Waals surface area contributed by atoms with Crippen LogP contribution in [0.25, 0.3) is 0 Å². The van der Waals surface area contributed by atoms with E-state index in [9.17, 15) is 0 Å². The van der Waals surface area contributed by atoms with E-state index in [1.807, 2.05) is 20.2 Å². The van der Waals surface area contributed by atoms with Crippen LogP contribution in [0.5, 0.6) is 5.75 Å². The van der Waals surface area contributed by atoms with Gasteiger partial charge in [0.1, 0.15) is 12.4 Å². The van der Waals surface area contributed by atoms with Gasteiger partial charge in [0.25, 0.3) is 0 Å². The molecule has 0 heterocycles. The van der Waals surface area contributed by atoms with Gasteiger partial charge < -0.3 is 15.0 Å². The summed E-state index contributed by atoms with van der Waals surface area (Å²) in [5, 5.41) is 3.45. The molecule has 0 unspecified atom stereocenters. The summed E-state index contributed by atoms with van der Waals surface area (Å²) >= 11 is 3.59. The Hall–Kier alpha value is -0.580. The maximum atomic E-state index is 5.75. The van der Waals surface area contributed by atoms with Gasteiger partial charge >= 0.3 is 0 Å². The zero-order valence-corrected chi connectivity index (χ0v) is 14.0. The third kappa shape index (κ3) is 6.95. The Labute approximate surface area is 125 Å². The Balaban J connectivity index is 2.51. The van der Waals surface area contributed by atoms with Crippen molar-refractivity contribution in [1.82, 2.24) is 10.2 Å². The van der Waals surface area contributed by atoms with E-state index < -0.39 is 0 Å². The van der Waals surface area contributed by atoms with Gasteiger partial charge in [0.15, 0.2) is 0 Å². The van der Waals surface area contributed by atoms with E-state index in [2.05, 4.69) is 52.1 Å². The molecule has 0 aliphatic rings. The minimum Gasteiger partial charge on any atom is -0.492 e. The van der Waals surface area contributed by atoms with Crippen LogP contribution in [0.2, 0.25) is 0 Å². The number of ether oxygens (including phenoxy) is 1. The monoisotopic (exact) mass is 328 g/mol. The first kappa shape index (κ1) is 16.5. The summed E-state index contributed by atoms with van der Waals surface area (Å²) in [6.45, 7) is 7.96. The summed E-state index contributed by atoms with van der Waals surface area (Å²) in [6, 6.07) is 6.16. The van der Waals surface area contributed by atoms with Crippen LogP contribution in [0.4, 0.5) is 0 Å². The second-order valence-corrected chi connectivity index (χ2v) is 6.28. The molecule has 0 saturated carbocycles. The fraction of sp³-hybridized carbons (Fsp3) is 0.600. The second kappa shape index (κ2) is 8.56. The summed E-state index contributed by atoms with van der Waals surface area (Å²) in [5.74, 6) is 1.60. The van der Waals surface area contributed by atoms with Gasteiger partial charge in [-0.3, -0.25) is 0 Å². The Morgan fingerprint density at radius 3 is 2.68 bits per heavy atom. The maximum Gasteiger partial charge on any atom is 0.119 e. The molecular formula is C15H25BrN2O. The number of hydrogen-bond donors (Lipinski definition) is 1. The van der Waals surface area contributed by atoms with Crippen molar-refractivity contribution in [2.45, 2.75) is 20.4 Å². The lowest BCUT2D eigenvalue weighted by Crippen LogP contribution is -2.20. The number of likely N-dealkylation sites (N-methyl/N-ethyl adjacent to an activating group) is 1. The lowest BCUT2D eigenvalue weighted by atomic mass is 10.2. The molecule has 4 heteroatoms. The van der Waals surface area contributed by atoms with E-state index in [1.165, 1.54) is 5.56 Å². The summed E-state index contributed by atoms with van der Waals surface area (Å²) in [6.07, 6.45) is 0. The smallest absolute Gasteiger partial charge is 0.119 e. The number of rotatable bonds is 8. The van der Waals surface area contributed by atoms with Gasteiger partial charge in [0.05, 0.1) is 0 Å². The first-order chi connectivity index (χ1) is 8.99. The maximum absolute atomic E-state index is 5.75. The molecular weight excluding hydrogens is 304 g/mol. The van der Waals surface area contributed by atoms with Crippen LogP contribution in [-0.4, -0.2) is 38.7 Å². The highest BCUT2D eigenvalue weighted by Crippen LogP contribution is 2.22. The molecule has 0 radical (unpaired) electrons. The Morgan fingerprint density at radius 1 is 1.32 bits per heavy atom. The first-order valence-corrected chi connectivity index (χ1v) is 7.55. The van der Waals surface area contributed by atoms with Crippen LogP contribution < -0.4 is 10.1 Å². The van der Waals surface area contributed by atoms with Gasteiger partial charge in [-0.2, -0.15) is 0 Å². The second-order valence-electron chi connectivity index (χ2n) is 5.43. The van der Waals surface area contributed by atoms with Crippen molar-refractivity contribution in [3.63, 3.8) is 0 Å². The zero-order valence-electron chi connectivity index (χ0n) is 12.4. The van der Waals surface area contributed by atoms with Crippen molar-refractivity contribution in [2.75, 3.05) is 33.8 Å². The van der Waals surface area contributed by atoms with Gasteiger partial charge in [-0.05, 0) is 50.3 Å². The third-order valence-corrected chi connectivity index (χ3v) is 3.47. The van der Waals surface area contributed by atoms with Crippen LogP contribution in [0.1, 0.15) is 19.4 Å². The molecule has 1 N–H and O–H groups in total. The molecule has 19 heavy (non-hydrogen) atoms. The number of hydrogen-bond acceptors (Lipinski definition) is 3. The molecule has 1 aromatic rings. The molecule has 0 fully saturated rings. The quantitative estimate of drug-likeness (QED) is 0.793. The fourth-order valence-corrected chi connectivity index (χ4v) is 2.00. The van der Waals surface area contributed by atoms with E-state index in [0.717, 1.165) is 29.9 Å². The normalized spacial score (nSPS) is 11.3. The highest BCUT2D eigenvalue weighted by atomic mass is 79.9. The van der Waals surface area contributed by atoms with Crippen LogP contribution >= 0.6 is 15.9 Å². The highest BCUT2D eigenvalue weighted by molar-refractivity contribution is 9.10. The molecule has 0 aliphatic heterocycles. The highest BCUT2D eigenvalue weighted by Gasteiger charge is 2.03. The molecule has 0 atom stereocenters. The van der Waals surface area contributed by atoms with Crippen molar-refractivity contribution in [3.8, 4) is 5.75 Å². The van der Waals surface area contributed by atoms with Crippen molar-refractivity contribution in [1.29, 1.82) is 0 Å². The molecule has 0 spiro atoms. The molecule has 3 nitrogen and oxygen atoms in total. The number of nitrogens with zero attached hydrogens (tertiary/aromatic N) is 1. The summed E-state index contributed by atoms with van der Waals surface area (Å²) in [7, 11) is 4.10. The number of halogens is 1. The fourth-order valence-electron chi connectivity index (χ4n) is 1.62. The zero-order chi connectivity index (χ0) is 14.3. The van der Waals surface area contributed by atoms with Crippen LogP contribution in [-0.2, 0) is 6.54 Å². The van der Waals surface area contributed by atoms with Crippen molar-refractivity contribution < 1.29 is 4.74 Å². The van der Waals surface area contributed by atoms with E-state index in [4.69, 9.17) is 4.74 Å². The van der Waals surface area contributed by atoms with Gasteiger partial charge in [-0.1, -0.05) is 29.8 Å². The largest absolute Gasteiger partial charge is 0.492 e. The summed E-state index contributed by atoms with van der Waals surface area (Å²) in [5.41, 5.74) is 1.24. The SMILES string of the molecule is CC(C)CNCc1cc(OCCN(C)C)ccc1Br. The van der Waals surface area contributed by atoms with E-state index >= 15 is 0 Å². The molecule has 0 amide bonds. The lowest BCUT2D eigenvalue weighted by molar-refractivity contribution is 0.261. The van der Waals surface area contributed by atoms with E-state index in [0.29, 0.717) is 12.5 Å². The van der Waals surface area contributed by atoms with Crippen molar-refractivity contribution >= 4 is 15.9 Å². The van der Waals surface area contributed by atoms with Crippen LogP contribution in [0, 0.1) is 5.92 Å². The molecule has 0 bridgehead atoms. The Kier molecular flexibility index (Phi) is 7.42. The Bertz CT molecular complexity index is 380. The van der Waals surface area contributed by atoms with Crippen molar-refractivity contribution in [3.05, 3.63) is 28.2 Å². The third-order valence-electron chi connectivity index (χ3n) is 2.69. The molecule has 0 saturated heterocycles. The summed E-state index contributed by atoms with van der Waals surface area (Å²) < 4.78 is 6.88. The molecule has 1 rings (SSSR count). The minimum atomic E-state index is 0.665. The average Bonchev–Trinajstić information content (AvgIpc) is 2.32. The van der Waals surface area contributed by atoms with Crippen LogP contribution in [0.3, 0.4) is 0 Å². The molecule has 1 aromatic carbocycles. The van der Waals surface area contributed by atoms with E-state index in [1.54, 1.807) is 0 Å². The molecule has 0 aromatic heterocycles. The van der Waals surface area contributed by atoms with Crippen LogP contribution in [0.15, 0.2) is 22.7 Å². The first-order valence-electron chi connectivity index (χ1n) is 6.75. The predicted molar refractivity (Wildman–Crippen MR) is 84.7 cm³/mol. The summed E-state index contributed by atoms with van der Waals surface area (Å²) in [4.78, 5) is 2.12. The minimum absolute atomic E-state index is 0.665. The standard InChI is InChI=1S/C15H25BrN2O/c1-12(2)10-17-11-13-9-14(5-6-15(13)16)19-8-7-18(3)4/h5-6,9,12,17H,7-8,10-11H2,1-4H3. The average molecular weight is 329 g/mol. The number of benzene rings is 1. The Morgan fingerprint density at radius 2 is 2.05 bits per heavy atom. The van der Waals surface area contributed by atoms with Gasteiger partial charge in [-0.25, -0.2) is 0 Å². The van der Waals surface area contributed by atoms with Gasteiger partial charge in [-0.15, -0.1) is 0 Å². The number of nitrogens with one attached hydrogen (secondary N) is 1. The molecule has 0 aliphatic carbocycles. The van der Waals surface area contributed by atoms with Gasteiger partial charge in [0, 0.05) is 17.6 Å². The molecule has 108 valence electrons. The predicted octanol–water partition coefficient (Wildman–Crippen LogP) is 3.14. The van der Waals surface area contributed by atoms with Gasteiger partial charge in [0.2, 0.25) is 0 Å². The lowest BCUT2D eigenvalue weighted by Gasteiger charge is -2.13.